The average Bonchev–Trinajstić information content (AvgIpc) is 3.44. The van der Waals surface area contributed by atoms with Crippen LogP contribution < -0.4 is 27.6 Å². The molecular weight excluding hydrogens is 1070 g/mol. The number of anilines is 4. The van der Waals surface area contributed by atoms with Gasteiger partial charge in [0.2, 0.25) is 0 Å². The minimum Gasteiger partial charge on any atom is -0.424 e. The summed E-state index contributed by atoms with van der Waals surface area (Å²) in [5, 5.41) is 15.4. The van der Waals surface area contributed by atoms with Gasteiger partial charge in [-0.25, -0.2) is 0 Å². The molecule has 22 heteroatoms. The van der Waals surface area contributed by atoms with Crippen LogP contribution in [0.3, 0.4) is 0 Å². The number of nitrogen functional groups attached to an aromatic ring is 1. The van der Waals surface area contributed by atoms with Crippen LogP contribution in [-0.4, -0.2) is 70.6 Å². The Morgan fingerprint density at radius 3 is 1.65 bits per heavy atom. The molecule has 5 aromatic heterocycles. The molecule has 0 amide bonds. The molecule has 5 heterocycles. The number of nitrogens with zero attached hydrogens (tertiary/aromatic N) is 10. The van der Waals surface area contributed by atoms with Gasteiger partial charge in [-0.3, -0.25) is 9.36 Å². The number of aryl methyl sites for hydroxylation is 7. The van der Waals surface area contributed by atoms with Crippen LogP contribution in [0.5, 0.6) is 0 Å². The maximum absolute atomic E-state index is 5.62. The van der Waals surface area contributed by atoms with E-state index in [0.717, 1.165) is 56.6 Å². The van der Waals surface area contributed by atoms with Crippen LogP contribution in [0.4, 0.5) is 23.1 Å². The van der Waals surface area contributed by atoms with Crippen molar-refractivity contribution in [3.8, 4) is 0 Å². The Morgan fingerprint density at radius 1 is 0.750 bits per heavy atom. The molecule has 279 valence electrons. The Balaban J connectivity index is -0.000000297. The molecular formula is C30H44Cl3IN15Y3-3. The second kappa shape index (κ2) is 29.9. The second-order valence-corrected chi connectivity index (χ2v) is 10.8. The Hall–Kier alpha value is -0.268. The Labute approximate surface area is 413 Å². The second-order valence-electron chi connectivity index (χ2n) is 9.74. The maximum Gasteiger partial charge on any atom is 0.112 e. The van der Waals surface area contributed by atoms with E-state index in [9.17, 15) is 0 Å². The van der Waals surface area contributed by atoms with E-state index in [1.165, 1.54) is 7.05 Å². The van der Waals surface area contributed by atoms with Gasteiger partial charge in [0.15, 0.2) is 0 Å². The van der Waals surface area contributed by atoms with Crippen molar-refractivity contribution >= 4 is 81.9 Å². The van der Waals surface area contributed by atoms with Gasteiger partial charge in [-0.05, 0) is 41.8 Å². The predicted octanol–water partition coefficient (Wildman–Crippen LogP) is 5.12. The topological polar surface area (TPSA) is 204 Å². The molecule has 3 radical (unpaired) electrons. The molecule has 0 bridgehead atoms. The Kier molecular flexibility index (Phi) is 33.7. The molecule has 7 N–H and O–H groups in total. The minimum atomic E-state index is 0. The fraction of sp³-hybridized carbons (Fsp3) is 0.400. The van der Waals surface area contributed by atoms with E-state index in [4.69, 9.17) is 40.5 Å². The summed E-state index contributed by atoms with van der Waals surface area (Å²) in [6.45, 7) is 13.3. The summed E-state index contributed by atoms with van der Waals surface area (Å²) in [7, 11) is 8.81. The molecule has 0 unspecified atom stereocenters. The van der Waals surface area contributed by atoms with Crippen LogP contribution in [0.15, 0.2) is 4.99 Å². The molecule has 0 fully saturated rings. The number of nitrogens with two attached hydrogens (primary N) is 2. The summed E-state index contributed by atoms with van der Waals surface area (Å²) in [6, 6.07) is 0. The number of hydrogen-bond acceptors (Lipinski definition) is 12. The zero-order chi connectivity index (χ0) is 36.7. The van der Waals surface area contributed by atoms with Gasteiger partial charge in [0.25, 0.3) is 0 Å². The van der Waals surface area contributed by atoms with Crippen molar-refractivity contribution in [1.29, 1.82) is 0 Å². The summed E-state index contributed by atoms with van der Waals surface area (Å²) in [5.41, 5.74) is 19.0. The number of H-pyrrole nitrogens is 1. The van der Waals surface area contributed by atoms with E-state index in [-0.39, 0.29) is 127 Å². The van der Waals surface area contributed by atoms with Gasteiger partial charge < -0.3 is 57.0 Å². The zero-order valence-corrected chi connectivity index (χ0v) is 44.5. The fourth-order valence-corrected chi connectivity index (χ4v) is 3.98. The SMILES string of the molecule is CN.CN=c1[nH]c(Cl)n[c-]c1C.CNc1nc(Nc2c(C)nn(C)c2C)n[c-]c1C.Cc1[c-]nc(Cl)nc1Cl.Cc1nn(C)c(C)c1N.I.[Y].[Y].[Y]. The maximum atomic E-state index is 5.62. The molecule has 0 aliphatic carbocycles. The van der Waals surface area contributed by atoms with Crippen molar-refractivity contribution in [2.45, 2.75) is 48.5 Å². The van der Waals surface area contributed by atoms with E-state index < -0.39 is 0 Å². The van der Waals surface area contributed by atoms with Gasteiger partial charge in [0.1, 0.15) is 11.2 Å². The third-order valence-corrected chi connectivity index (χ3v) is 7.10. The first kappa shape index (κ1) is 58.4. The van der Waals surface area contributed by atoms with Crippen molar-refractivity contribution in [1.82, 2.24) is 49.5 Å². The van der Waals surface area contributed by atoms with E-state index in [2.05, 4.69) is 80.1 Å². The van der Waals surface area contributed by atoms with Crippen molar-refractivity contribution < 1.29 is 98.1 Å². The Bertz CT molecular complexity index is 1830. The van der Waals surface area contributed by atoms with Crippen molar-refractivity contribution in [3.05, 3.63) is 79.3 Å². The van der Waals surface area contributed by atoms with Crippen LogP contribution in [0.25, 0.3) is 0 Å². The van der Waals surface area contributed by atoms with Gasteiger partial charge in [0, 0.05) is 136 Å². The summed E-state index contributed by atoms with van der Waals surface area (Å²) in [4.78, 5) is 26.2. The number of aromatic amines is 1. The molecule has 5 rings (SSSR count). The third kappa shape index (κ3) is 19.1. The van der Waals surface area contributed by atoms with Crippen molar-refractivity contribution in [2.75, 3.05) is 37.5 Å². The molecule has 0 aliphatic heterocycles. The molecule has 52 heavy (non-hydrogen) atoms. The van der Waals surface area contributed by atoms with Crippen LogP contribution >= 0.6 is 58.8 Å². The van der Waals surface area contributed by atoms with Gasteiger partial charge in [0.05, 0.1) is 39.4 Å². The third-order valence-electron chi connectivity index (χ3n) is 6.39. The summed E-state index contributed by atoms with van der Waals surface area (Å²) in [6.07, 6.45) is 8.22. The normalized spacial score (nSPS) is 9.50. The van der Waals surface area contributed by atoms with E-state index >= 15 is 0 Å². The first-order valence-corrected chi connectivity index (χ1v) is 15.4. The van der Waals surface area contributed by atoms with E-state index in [0.29, 0.717) is 21.9 Å². The Morgan fingerprint density at radius 2 is 1.27 bits per heavy atom. The molecule has 0 aromatic carbocycles. The smallest absolute Gasteiger partial charge is 0.112 e. The molecule has 5 aromatic rings. The fourth-order valence-electron chi connectivity index (χ4n) is 3.55. The molecule has 0 aliphatic rings. The van der Waals surface area contributed by atoms with Gasteiger partial charge in [-0.15, -0.1) is 75.5 Å². The molecule has 0 spiro atoms. The first-order chi connectivity index (χ1) is 22.6. The van der Waals surface area contributed by atoms with Crippen molar-refractivity contribution in [2.24, 2.45) is 24.8 Å². The summed E-state index contributed by atoms with van der Waals surface area (Å²) >= 11 is 16.5. The van der Waals surface area contributed by atoms with E-state index in [1.54, 1.807) is 18.7 Å². The van der Waals surface area contributed by atoms with Crippen LogP contribution in [0.2, 0.25) is 15.7 Å². The monoisotopic (exact) mass is 1110 g/mol. The predicted molar refractivity (Wildman–Crippen MR) is 208 cm³/mol. The van der Waals surface area contributed by atoms with Crippen LogP contribution in [0, 0.1) is 67.1 Å². The van der Waals surface area contributed by atoms with Crippen LogP contribution in [0.1, 0.15) is 39.5 Å². The van der Waals surface area contributed by atoms with Gasteiger partial charge in [-0.2, -0.15) is 10.2 Å². The largest absolute Gasteiger partial charge is 0.424 e. The number of nitrogens with one attached hydrogen (secondary N) is 3. The minimum absolute atomic E-state index is 0. The average molecular weight is 1110 g/mol. The number of halogens is 4. The van der Waals surface area contributed by atoms with Gasteiger partial charge >= 0.3 is 0 Å². The zero-order valence-electron chi connectivity index (χ0n) is 31.4. The van der Waals surface area contributed by atoms with Gasteiger partial charge in [-0.1, -0.05) is 39.4 Å². The van der Waals surface area contributed by atoms with Crippen LogP contribution in [-0.2, 0) is 112 Å². The standard InChI is InChI=1S/C12H17N6.C6H7ClN3.C6H11N3.C5H3Cl2N2.CH5N.HI.3Y/c1-7-6-14-12(16-11(7)13-4)15-10-8(2)17-18(5)9(10)3;1-4-3-9-6(7)10-5(4)8-2;1-4-6(7)5(2)9(3)8-4;1-3-2-8-5(7)9-4(3)6;1-2;;;;/h1-5H3,(H2,13,14,15,16);1-2H3,(H,8,9,10);7H2,1-3H3;1H3;2H2,1H3;1H;;;/q2*-1;;-1;;;;;. The summed E-state index contributed by atoms with van der Waals surface area (Å²) < 4.78 is 3.61. The summed E-state index contributed by atoms with van der Waals surface area (Å²) in [5.74, 6) is 1.29. The molecule has 0 saturated carbocycles. The quantitative estimate of drug-likeness (QED) is 0.0695. The van der Waals surface area contributed by atoms with Crippen molar-refractivity contribution in [3.63, 3.8) is 0 Å². The first-order valence-electron chi connectivity index (χ1n) is 14.3. The number of hydrogen-bond donors (Lipinski definition) is 5. The molecule has 15 nitrogen and oxygen atoms in total. The number of aromatic nitrogens is 10. The van der Waals surface area contributed by atoms with E-state index in [1.807, 2.05) is 67.4 Å². The molecule has 0 atom stereocenters. The number of rotatable bonds is 3. The molecule has 0 saturated heterocycles.